The lowest BCUT2D eigenvalue weighted by molar-refractivity contribution is 0.204. The number of nitrogens with one attached hydrogen (secondary N) is 3. The van der Waals surface area contributed by atoms with Crippen molar-refractivity contribution in [3.05, 3.63) is 70.9 Å². The molecular weight excluding hydrogens is 457 g/mol. The van der Waals surface area contributed by atoms with E-state index in [1.807, 2.05) is 24.3 Å². The maximum atomic E-state index is 12.7. The van der Waals surface area contributed by atoms with Crippen LogP contribution in [-0.4, -0.2) is 58.2 Å². The number of likely N-dealkylation sites (tertiary alicyclic amines) is 1. The van der Waals surface area contributed by atoms with Crippen LogP contribution in [0.4, 0.5) is 21.8 Å². The van der Waals surface area contributed by atoms with Gasteiger partial charge in [-0.3, -0.25) is 9.18 Å². The Morgan fingerprint density at radius 1 is 1.11 bits per heavy atom. The standard InChI is InChI=1S/C27H30FN7O/c1-29-27-31-16-21(17-32-27)23-15-20-7-11-30-26(36)24(20)25(34-23)33-22-5-3-18(4-6-22)19-8-13-35(14-9-19)12-2-10-28/h3-7,11,15-17,19H,2,8-10,12-14H2,1H3,(H,30,36)(H,33,34)(H,29,31,32). The normalized spacial score (nSPS) is 14.7. The van der Waals surface area contributed by atoms with E-state index in [9.17, 15) is 9.18 Å². The fourth-order valence-electron chi connectivity index (χ4n) is 4.79. The minimum absolute atomic E-state index is 0.202. The van der Waals surface area contributed by atoms with Crippen LogP contribution in [0.3, 0.4) is 0 Å². The predicted octanol–water partition coefficient (Wildman–Crippen LogP) is 4.70. The molecule has 4 heterocycles. The highest BCUT2D eigenvalue weighted by atomic mass is 19.1. The van der Waals surface area contributed by atoms with E-state index in [1.54, 1.807) is 25.6 Å². The maximum absolute atomic E-state index is 12.7. The average Bonchev–Trinajstić information content (AvgIpc) is 2.92. The van der Waals surface area contributed by atoms with Gasteiger partial charge in [-0.15, -0.1) is 0 Å². The highest BCUT2D eigenvalue weighted by molar-refractivity contribution is 5.95. The Hall–Kier alpha value is -3.85. The molecule has 186 valence electrons. The number of rotatable bonds is 8. The van der Waals surface area contributed by atoms with E-state index in [4.69, 9.17) is 4.98 Å². The molecule has 0 radical (unpaired) electrons. The molecule has 1 fully saturated rings. The highest BCUT2D eigenvalue weighted by Gasteiger charge is 2.20. The number of halogens is 1. The first-order valence-corrected chi connectivity index (χ1v) is 12.3. The number of H-pyrrole nitrogens is 1. The van der Waals surface area contributed by atoms with Gasteiger partial charge in [0.2, 0.25) is 5.95 Å². The molecule has 0 aliphatic carbocycles. The Labute approximate surface area is 209 Å². The lowest BCUT2D eigenvalue weighted by Crippen LogP contribution is -2.33. The zero-order chi connectivity index (χ0) is 24.9. The molecular formula is C27H30FN7O. The van der Waals surface area contributed by atoms with Crippen LogP contribution in [0.5, 0.6) is 0 Å². The lowest BCUT2D eigenvalue weighted by atomic mass is 9.89. The zero-order valence-electron chi connectivity index (χ0n) is 20.3. The largest absolute Gasteiger partial charge is 0.357 e. The number of aromatic amines is 1. The third-order valence-electron chi connectivity index (χ3n) is 6.77. The van der Waals surface area contributed by atoms with E-state index in [0.717, 1.165) is 49.1 Å². The number of alkyl halides is 1. The minimum Gasteiger partial charge on any atom is -0.357 e. The predicted molar refractivity (Wildman–Crippen MR) is 142 cm³/mol. The Bertz CT molecular complexity index is 1360. The van der Waals surface area contributed by atoms with E-state index in [1.165, 1.54) is 5.56 Å². The number of hydrogen-bond acceptors (Lipinski definition) is 7. The third kappa shape index (κ3) is 5.21. The van der Waals surface area contributed by atoms with Crippen molar-refractivity contribution in [2.24, 2.45) is 0 Å². The lowest BCUT2D eigenvalue weighted by Gasteiger charge is -2.32. The van der Waals surface area contributed by atoms with Gasteiger partial charge in [-0.1, -0.05) is 12.1 Å². The fraction of sp³-hybridized carbons (Fsp3) is 0.333. The molecule has 0 spiro atoms. The molecule has 4 aromatic rings. The Morgan fingerprint density at radius 2 is 1.86 bits per heavy atom. The van der Waals surface area contributed by atoms with Crippen LogP contribution in [0.25, 0.3) is 22.0 Å². The molecule has 36 heavy (non-hydrogen) atoms. The van der Waals surface area contributed by atoms with Crippen LogP contribution in [0.2, 0.25) is 0 Å². The van der Waals surface area contributed by atoms with Crippen LogP contribution >= 0.6 is 0 Å². The van der Waals surface area contributed by atoms with Crippen molar-refractivity contribution in [3.63, 3.8) is 0 Å². The SMILES string of the molecule is CNc1ncc(-c2cc3cc[nH]c(=O)c3c(Nc3ccc(C4CCN(CCCF)CC4)cc3)n2)cn1. The monoisotopic (exact) mass is 487 g/mol. The molecule has 5 rings (SSSR count). The Kier molecular flexibility index (Phi) is 7.18. The number of aromatic nitrogens is 4. The topological polar surface area (TPSA) is 98.8 Å². The number of benzene rings is 1. The molecule has 9 heteroatoms. The first-order chi connectivity index (χ1) is 17.6. The molecule has 1 aliphatic heterocycles. The molecule has 0 atom stereocenters. The summed E-state index contributed by atoms with van der Waals surface area (Å²) in [6, 6.07) is 12.1. The van der Waals surface area contributed by atoms with E-state index in [-0.39, 0.29) is 12.2 Å². The summed E-state index contributed by atoms with van der Waals surface area (Å²) < 4.78 is 12.5. The van der Waals surface area contributed by atoms with Crippen LogP contribution in [0.15, 0.2) is 59.8 Å². The van der Waals surface area contributed by atoms with Gasteiger partial charge in [0, 0.05) is 43.4 Å². The molecule has 1 saturated heterocycles. The molecule has 1 aromatic carbocycles. The molecule has 8 nitrogen and oxygen atoms in total. The van der Waals surface area contributed by atoms with Gasteiger partial charge in [0.25, 0.3) is 5.56 Å². The van der Waals surface area contributed by atoms with Crippen LogP contribution in [0.1, 0.15) is 30.7 Å². The maximum Gasteiger partial charge on any atom is 0.259 e. The smallest absolute Gasteiger partial charge is 0.259 e. The van der Waals surface area contributed by atoms with Crippen molar-refractivity contribution >= 4 is 28.2 Å². The minimum atomic E-state index is -0.246. The van der Waals surface area contributed by atoms with Crippen molar-refractivity contribution in [2.45, 2.75) is 25.2 Å². The van der Waals surface area contributed by atoms with E-state index in [0.29, 0.717) is 35.2 Å². The van der Waals surface area contributed by atoms with Gasteiger partial charge >= 0.3 is 0 Å². The number of pyridine rings is 2. The second-order valence-corrected chi connectivity index (χ2v) is 9.08. The molecule has 3 aromatic heterocycles. The molecule has 0 amide bonds. The summed E-state index contributed by atoms with van der Waals surface area (Å²) in [5, 5.41) is 7.54. The van der Waals surface area contributed by atoms with E-state index < -0.39 is 0 Å². The number of nitrogens with zero attached hydrogens (tertiary/aromatic N) is 4. The molecule has 3 N–H and O–H groups in total. The van der Waals surface area contributed by atoms with Crippen molar-refractivity contribution in [3.8, 4) is 11.3 Å². The van der Waals surface area contributed by atoms with Gasteiger partial charge in [-0.05, 0) is 73.5 Å². The third-order valence-corrected chi connectivity index (χ3v) is 6.77. The van der Waals surface area contributed by atoms with Crippen molar-refractivity contribution in [2.75, 3.05) is 44.0 Å². The van der Waals surface area contributed by atoms with Crippen LogP contribution in [-0.2, 0) is 0 Å². The van der Waals surface area contributed by atoms with E-state index in [2.05, 4.69) is 42.6 Å². The number of fused-ring (bicyclic) bond motifs is 1. The first-order valence-electron chi connectivity index (χ1n) is 12.3. The summed E-state index contributed by atoms with van der Waals surface area (Å²) in [5.41, 5.74) is 3.39. The molecule has 1 aliphatic rings. The van der Waals surface area contributed by atoms with Crippen LogP contribution in [0, 0.1) is 0 Å². The van der Waals surface area contributed by atoms with Gasteiger partial charge in [-0.25, -0.2) is 15.0 Å². The summed E-state index contributed by atoms with van der Waals surface area (Å²) in [7, 11) is 1.76. The second-order valence-electron chi connectivity index (χ2n) is 9.08. The average molecular weight is 488 g/mol. The number of hydrogen-bond donors (Lipinski definition) is 3. The number of anilines is 3. The molecule has 0 saturated carbocycles. The summed E-state index contributed by atoms with van der Waals surface area (Å²) in [6.07, 6.45) is 7.83. The molecule has 0 unspecified atom stereocenters. The highest BCUT2D eigenvalue weighted by Crippen LogP contribution is 2.31. The van der Waals surface area contributed by atoms with E-state index >= 15 is 0 Å². The number of piperidine rings is 1. The Morgan fingerprint density at radius 3 is 2.56 bits per heavy atom. The quantitative estimate of drug-likeness (QED) is 0.331. The van der Waals surface area contributed by atoms with Crippen molar-refractivity contribution in [1.29, 1.82) is 0 Å². The van der Waals surface area contributed by atoms with Gasteiger partial charge in [0.05, 0.1) is 17.8 Å². The van der Waals surface area contributed by atoms with Crippen LogP contribution < -0.4 is 16.2 Å². The fourth-order valence-corrected chi connectivity index (χ4v) is 4.79. The van der Waals surface area contributed by atoms with Crippen molar-refractivity contribution in [1.82, 2.24) is 24.8 Å². The summed E-state index contributed by atoms with van der Waals surface area (Å²) in [4.78, 5) is 31.1. The zero-order valence-corrected chi connectivity index (χ0v) is 20.3. The van der Waals surface area contributed by atoms with Gasteiger partial charge in [0.15, 0.2) is 0 Å². The summed E-state index contributed by atoms with van der Waals surface area (Å²) in [6.45, 7) is 2.62. The van der Waals surface area contributed by atoms with Gasteiger partial charge in [0.1, 0.15) is 5.82 Å². The van der Waals surface area contributed by atoms with Gasteiger partial charge < -0.3 is 20.5 Å². The summed E-state index contributed by atoms with van der Waals surface area (Å²) in [5.74, 6) is 1.52. The Balaban J connectivity index is 1.38. The molecule has 0 bridgehead atoms. The van der Waals surface area contributed by atoms with Gasteiger partial charge in [-0.2, -0.15) is 0 Å². The van der Waals surface area contributed by atoms with Crippen molar-refractivity contribution < 1.29 is 4.39 Å². The summed E-state index contributed by atoms with van der Waals surface area (Å²) >= 11 is 0. The second kappa shape index (κ2) is 10.8. The first kappa shape index (κ1) is 23.9.